The number of carboxylic acids is 1. The van der Waals surface area contributed by atoms with Gasteiger partial charge in [0.15, 0.2) is 0 Å². The van der Waals surface area contributed by atoms with Crippen molar-refractivity contribution in [1.82, 2.24) is 4.90 Å². The second-order valence-corrected chi connectivity index (χ2v) is 5.73. The average Bonchev–Trinajstić information content (AvgIpc) is 2.53. The number of hydrogen-bond acceptors (Lipinski definition) is 3. The number of hydrogen-bond donors (Lipinski definition) is 1. The van der Waals surface area contributed by atoms with E-state index in [1.807, 2.05) is 17.0 Å². The minimum absolute atomic E-state index is 0.123. The summed E-state index contributed by atoms with van der Waals surface area (Å²) in [5, 5.41) is 17.5. The first-order chi connectivity index (χ1) is 10.6. The number of nitriles is 1. The number of carbonyl (C=O) groups is 2. The Morgan fingerprint density at radius 2 is 1.86 bits per heavy atom. The highest BCUT2D eigenvalue weighted by Crippen LogP contribution is 2.21. The molecule has 0 unspecified atom stereocenters. The first kappa shape index (κ1) is 16.0. The van der Waals surface area contributed by atoms with Gasteiger partial charge in [-0.05, 0) is 42.9 Å². The summed E-state index contributed by atoms with van der Waals surface area (Å²) in [6.45, 7) is 1.31. The maximum atomic E-state index is 12.2. The largest absolute Gasteiger partial charge is 0.481 e. The van der Waals surface area contributed by atoms with E-state index in [2.05, 4.69) is 6.07 Å². The van der Waals surface area contributed by atoms with Crippen LogP contribution in [-0.2, 0) is 16.0 Å². The zero-order valence-electron chi connectivity index (χ0n) is 12.5. The van der Waals surface area contributed by atoms with Gasteiger partial charge < -0.3 is 10.0 Å². The van der Waals surface area contributed by atoms with Gasteiger partial charge in [0.2, 0.25) is 5.91 Å². The molecule has 1 heterocycles. The fourth-order valence-corrected chi connectivity index (χ4v) is 2.79. The molecule has 1 aliphatic rings. The summed E-state index contributed by atoms with van der Waals surface area (Å²) < 4.78 is 0. The molecule has 0 atom stereocenters. The molecule has 1 N–H and O–H groups in total. The van der Waals surface area contributed by atoms with Crippen LogP contribution in [0.4, 0.5) is 0 Å². The number of amides is 1. The molecule has 1 aliphatic heterocycles. The van der Waals surface area contributed by atoms with E-state index in [0.717, 1.165) is 18.4 Å². The van der Waals surface area contributed by atoms with E-state index in [4.69, 9.17) is 10.4 Å². The molecule has 0 aromatic heterocycles. The van der Waals surface area contributed by atoms with E-state index in [0.29, 0.717) is 31.5 Å². The predicted octanol–water partition coefficient (Wildman–Crippen LogP) is 2.20. The second-order valence-electron chi connectivity index (χ2n) is 5.73. The predicted molar refractivity (Wildman–Crippen MR) is 81.0 cm³/mol. The molecule has 1 fully saturated rings. The molecular formula is C17H20N2O3. The summed E-state index contributed by atoms with van der Waals surface area (Å²) in [6.07, 6.45) is 2.87. The zero-order valence-corrected chi connectivity index (χ0v) is 12.5. The van der Waals surface area contributed by atoms with Crippen LogP contribution in [0.5, 0.6) is 0 Å². The van der Waals surface area contributed by atoms with E-state index in [1.165, 1.54) is 0 Å². The Bertz CT molecular complexity index is 567. The van der Waals surface area contributed by atoms with Gasteiger partial charge in [0, 0.05) is 25.9 Å². The van der Waals surface area contributed by atoms with Gasteiger partial charge in [0.25, 0.3) is 0 Å². The van der Waals surface area contributed by atoms with E-state index < -0.39 is 5.97 Å². The van der Waals surface area contributed by atoms with Crippen molar-refractivity contribution >= 4 is 11.9 Å². The molecule has 0 bridgehead atoms. The summed E-state index contributed by atoms with van der Waals surface area (Å²) >= 11 is 0. The zero-order chi connectivity index (χ0) is 15.9. The Kier molecular flexibility index (Phi) is 5.54. The third kappa shape index (κ3) is 4.59. The van der Waals surface area contributed by atoms with Crippen molar-refractivity contribution in [2.45, 2.75) is 32.1 Å². The number of piperidine rings is 1. The van der Waals surface area contributed by atoms with Crippen molar-refractivity contribution < 1.29 is 14.7 Å². The van der Waals surface area contributed by atoms with Gasteiger partial charge in [-0.3, -0.25) is 9.59 Å². The summed E-state index contributed by atoms with van der Waals surface area (Å²) in [5.74, 6) is -0.441. The molecule has 1 saturated heterocycles. The standard InChI is InChI=1S/C17H20N2O3/c18-12-15-3-1-13(2-4-15)5-6-16(20)19-9-7-14(8-10-19)11-17(21)22/h1-4,14H,5-11H2,(H,21,22). The molecule has 2 rings (SSSR count). The molecule has 0 spiro atoms. The number of nitrogens with zero attached hydrogens (tertiary/aromatic N) is 2. The lowest BCUT2D eigenvalue weighted by Gasteiger charge is -2.31. The fourth-order valence-electron chi connectivity index (χ4n) is 2.79. The van der Waals surface area contributed by atoms with Crippen molar-refractivity contribution in [2.75, 3.05) is 13.1 Å². The molecule has 22 heavy (non-hydrogen) atoms. The van der Waals surface area contributed by atoms with Crippen LogP contribution in [0.1, 0.15) is 36.8 Å². The molecule has 0 radical (unpaired) electrons. The van der Waals surface area contributed by atoms with Crippen LogP contribution in [0.25, 0.3) is 0 Å². The monoisotopic (exact) mass is 300 g/mol. The van der Waals surface area contributed by atoms with Crippen LogP contribution in [-0.4, -0.2) is 35.0 Å². The lowest BCUT2D eigenvalue weighted by atomic mass is 9.93. The summed E-state index contributed by atoms with van der Waals surface area (Å²) in [6, 6.07) is 9.35. The van der Waals surface area contributed by atoms with Crippen molar-refractivity contribution in [3.63, 3.8) is 0 Å². The first-order valence-electron chi connectivity index (χ1n) is 7.57. The van der Waals surface area contributed by atoms with Crippen molar-refractivity contribution in [3.05, 3.63) is 35.4 Å². The second kappa shape index (κ2) is 7.60. The van der Waals surface area contributed by atoms with Crippen molar-refractivity contribution in [1.29, 1.82) is 5.26 Å². The van der Waals surface area contributed by atoms with Crippen molar-refractivity contribution in [3.8, 4) is 6.07 Å². The van der Waals surface area contributed by atoms with Gasteiger partial charge in [-0.15, -0.1) is 0 Å². The third-order valence-corrected chi connectivity index (χ3v) is 4.14. The lowest BCUT2D eigenvalue weighted by Crippen LogP contribution is -2.39. The average molecular weight is 300 g/mol. The fraction of sp³-hybridized carbons (Fsp3) is 0.471. The van der Waals surface area contributed by atoms with Crippen LogP contribution >= 0.6 is 0 Å². The molecule has 1 amide bonds. The van der Waals surface area contributed by atoms with Gasteiger partial charge >= 0.3 is 5.97 Å². The van der Waals surface area contributed by atoms with Gasteiger partial charge in [-0.25, -0.2) is 0 Å². The maximum Gasteiger partial charge on any atom is 0.303 e. The van der Waals surface area contributed by atoms with E-state index in [9.17, 15) is 9.59 Å². The lowest BCUT2D eigenvalue weighted by molar-refractivity contribution is -0.138. The minimum atomic E-state index is -0.759. The Hall–Kier alpha value is -2.35. The van der Waals surface area contributed by atoms with E-state index in [1.54, 1.807) is 12.1 Å². The molecular weight excluding hydrogens is 280 g/mol. The van der Waals surface area contributed by atoms with Crippen molar-refractivity contribution in [2.24, 2.45) is 5.92 Å². The highest BCUT2D eigenvalue weighted by Gasteiger charge is 2.23. The molecule has 1 aromatic carbocycles. The Balaban J connectivity index is 1.76. The number of carbonyl (C=O) groups excluding carboxylic acids is 1. The number of benzene rings is 1. The van der Waals surface area contributed by atoms with Crippen LogP contribution in [0.15, 0.2) is 24.3 Å². The van der Waals surface area contributed by atoms with Crippen LogP contribution < -0.4 is 0 Å². The van der Waals surface area contributed by atoms with Crippen LogP contribution in [0.2, 0.25) is 0 Å². The molecule has 116 valence electrons. The van der Waals surface area contributed by atoms with Gasteiger partial charge in [0.1, 0.15) is 0 Å². The highest BCUT2D eigenvalue weighted by atomic mass is 16.4. The minimum Gasteiger partial charge on any atom is -0.481 e. The summed E-state index contributed by atoms with van der Waals surface area (Å²) in [7, 11) is 0. The smallest absolute Gasteiger partial charge is 0.303 e. The Morgan fingerprint density at radius 1 is 1.23 bits per heavy atom. The van der Waals surface area contributed by atoms with Crippen LogP contribution in [0.3, 0.4) is 0 Å². The Morgan fingerprint density at radius 3 is 2.41 bits per heavy atom. The highest BCUT2D eigenvalue weighted by molar-refractivity contribution is 5.76. The quantitative estimate of drug-likeness (QED) is 0.904. The molecule has 5 nitrogen and oxygen atoms in total. The number of aliphatic carboxylic acids is 1. The number of rotatable bonds is 5. The SMILES string of the molecule is N#Cc1ccc(CCC(=O)N2CCC(CC(=O)O)CC2)cc1. The first-order valence-corrected chi connectivity index (χ1v) is 7.57. The maximum absolute atomic E-state index is 12.2. The van der Waals surface area contributed by atoms with Gasteiger partial charge in [0.05, 0.1) is 11.6 Å². The van der Waals surface area contributed by atoms with E-state index >= 15 is 0 Å². The van der Waals surface area contributed by atoms with Crippen LogP contribution in [0, 0.1) is 17.2 Å². The third-order valence-electron chi connectivity index (χ3n) is 4.14. The van der Waals surface area contributed by atoms with E-state index in [-0.39, 0.29) is 18.2 Å². The number of likely N-dealkylation sites (tertiary alicyclic amines) is 1. The number of aryl methyl sites for hydroxylation is 1. The summed E-state index contributed by atoms with van der Waals surface area (Å²) in [4.78, 5) is 24.7. The molecule has 0 aliphatic carbocycles. The topological polar surface area (TPSA) is 81.4 Å². The summed E-state index contributed by atoms with van der Waals surface area (Å²) in [5.41, 5.74) is 1.67. The van der Waals surface area contributed by atoms with Gasteiger partial charge in [-0.2, -0.15) is 5.26 Å². The normalized spacial score (nSPS) is 15.3. The molecule has 1 aromatic rings. The molecule has 0 saturated carbocycles. The number of carboxylic acid groups (broad SMARTS) is 1. The molecule has 5 heteroatoms. The Labute approximate surface area is 130 Å². The van der Waals surface area contributed by atoms with Gasteiger partial charge in [-0.1, -0.05) is 12.1 Å².